The minimum absolute atomic E-state index is 0. The largest absolute Gasteiger partial charge is 2.00 e. The number of hydrogen-bond acceptors (Lipinski definition) is 3. The van der Waals surface area contributed by atoms with Crippen LogP contribution in [-0.4, -0.2) is 19.3 Å². The zero-order valence-corrected chi connectivity index (χ0v) is 35.5. The van der Waals surface area contributed by atoms with Crippen molar-refractivity contribution >= 4 is 21.8 Å². The molecule has 0 radical (unpaired) electrons. The van der Waals surface area contributed by atoms with Crippen molar-refractivity contribution in [1.82, 2.24) is 19.3 Å². The Hall–Kier alpha value is -3.95. The second-order valence-electron chi connectivity index (χ2n) is 17.0. The van der Waals surface area contributed by atoms with Crippen molar-refractivity contribution in [3.8, 4) is 23.0 Å². The van der Waals surface area contributed by atoms with Gasteiger partial charge in [0.05, 0.1) is 5.69 Å². The van der Waals surface area contributed by atoms with E-state index in [9.17, 15) is 0 Å². The number of ether oxygens (including phenoxy) is 1. The van der Waals surface area contributed by atoms with Gasteiger partial charge in [0.2, 0.25) is 0 Å². The molecule has 53 heavy (non-hydrogen) atoms. The fourth-order valence-electron chi connectivity index (χ4n) is 8.44. The van der Waals surface area contributed by atoms with Crippen molar-refractivity contribution in [2.24, 2.45) is 23.7 Å². The van der Waals surface area contributed by atoms with Crippen molar-refractivity contribution in [3.63, 3.8) is 0 Å². The van der Waals surface area contributed by atoms with Crippen LogP contribution in [0.4, 0.5) is 0 Å². The van der Waals surface area contributed by atoms with Crippen LogP contribution in [0.3, 0.4) is 0 Å². The Morgan fingerprint density at radius 1 is 0.906 bits per heavy atom. The average molecular weight is 886 g/mol. The van der Waals surface area contributed by atoms with Crippen LogP contribution in [0.25, 0.3) is 33.3 Å². The van der Waals surface area contributed by atoms with Gasteiger partial charge in [-0.3, -0.25) is 4.68 Å². The summed E-state index contributed by atoms with van der Waals surface area (Å²) in [7, 11) is 0. The van der Waals surface area contributed by atoms with E-state index in [2.05, 4.69) is 158 Å². The maximum absolute atomic E-state index is 6.71. The Morgan fingerprint density at radius 2 is 1.66 bits per heavy atom. The number of para-hydroxylation sites is 1. The first-order chi connectivity index (χ1) is 24.7. The molecule has 3 atom stereocenters. The second-order valence-corrected chi connectivity index (χ2v) is 17.0. The quantitative estimate of drug-likeness (QED) is 0.113. The molecule has 0 saturated carbocycles. The van der Waals surface area contributed by atoms with Gasteiger partial charge < -0.3 is 9.30 Å². The Balaban J connectivity index is 0.00000481. The van der Waals surface area contributed by atoms with E-state index >= 15 is 0 Å². The van der Waals surface area contributed by atoms with Crippen molar-refractivity contribution in [3.05, 3.63) is 119 Å². The molecule has 1 unspecified atom stereocenters. The molecule has 0 N–H and O–H groups in total. The van der Waals surface area contributed by atoms with Gasteiger partial charge in [0.15, 0.2) is 0 Å². The predicted octanol–water partition coefficient (Wildman–Crippen LogP) is 12.2. The Bertz CT molecular complexity index is 2300. The number of allylic oxidation sites excluding steroid dienone is 2. The molecule has 7 rings (SSSR count). The topological polar surface area (TPSA) is 44.9 Å². The predicted molar refractivity (Wildman–Crippen MR) is 215 cm³/mol. The third-order valence-electron chi connectivity index (χ3n) is 11.1. The molecule has 6 aromatic rings. The van der Waals surface area contributed by atoms with Crippen LogP contribution in [-0.2, 0) is 32.9 Å². The first-order valence-electron chi connectivity index (χ1n) is 19.1. The van der Waals surface area contributed by atoms with E-state index in [1.54, 1.807) is 0 Å². The number of aryl methyl sites for hydroxylation is 1. The van der Waals surface area contributed by atoms with Gasteiger partial charge in [-0.15, -0.1) is 41.3 Å². The fourth-order valence-corrected chi connectivity index (χ4v) is 8.44. The first-order valence-corrected chi connectivity index (χ1v) is 19.1. The monoisotopic (exact) mass is 885 g/mol. The van der Waals surface area contributed by atoms with Crippen LogP contribution in [0.5, 0.6) is 11.5 Å². The molecule has 3 heterocycles. The van der Waals surface area contributed by atoms with E-state index in [4.69, 9.17) is 14.8 Å². The number of hydrogen-bond donors (Lipinski definition) is 0. The van der Waals surface area contributed by atoms with E-state index in [1.165, 1.54) is 28.8 Å². The minimum Gasteiger partial charge on any atom is -0.509 e. The van der Waals surface area contributed by atoms with E-state index in [-0.39, 0.29) is 26.5 Å². The van der Waals surface area contributed by atoms with E-state index < -0.39 is 0 Å². The number of pyridine rings is 1. The van der Waals surface area contributed by atoms with Crippen molar-refractivity contribution in [2.45, 2.75) is 100 Å². The van der Waals surface area contributed by atoms with E-state index in [1.807, 2.05) is 12.3 Å². The third-order valence-corrected chi connectivity index (χ3v) is 11.1. The molecular formula is C47H54N4OPt. The van der Waals surface area contributed by atoms with Gasteiger partial charge >= 0.3 is 21.1 Å². The Kier molecular flexibility index (Phi) is 11.0. The summed E-state index contributed by atoms with van der Waals surface area (Å²) in [6, 6.07) is 28.6. The van der Waals surface area contributed by atoms with Crippen molar-refractivity contribution in [2.75, 3.05) is 0 Å². The molecule has 278 valence electrons. The number of aromatic nitrogens is 4. The van der Waals surface area contributed by atoms with Crippen molar-refractivity contribution < 1.29 is 25.8 Å². The van der Waals surface area contributed by atoms with Gasteiger partial charge in [-0.05, 0) is 97.5 Å². The fraction of sp³-hybridized carbons (Fsp3) is 0.404. The Labute approximate surface area is 331 Å². The van der Waals surface area contributed by atoms with Gasteiger partial charge in [0.1, 0.15) is 5.82 Å². The number of rotatable bonds is 8. The molecule has 1 aliphatic rings. The molecule has 0 fully saturated rings. The summed E-state index contributed by atoms with van der Waals surface area (Å²) in [5.41, 5.74) is 10.3. The molecule has 0 aliphatic heterocycles. The molecular weight excluding hydrogens is 832 g/mol. The van der Waals surface area contributed by atoms with Gasteiger partial charge in [0.25, 0.3) is 0 Å². The number of benzene rings is 3. The van der Waals surface area contributed by atoms with Gasteiger partial charge in [-0.25, -0.2) is 4.98 Å². The van der Waals surface area contributed by atoms with Gasteiger partial charge in [0, 0.05) is 40.4 Å². The summed E-state index contributed by atoms with van der Waals surface area (Å²) in [6.07, 6.45) is 6.64. The van der Waals surface area contributed by atoms with Gasteiger partial charge in [-0.2, -0.15) is 11.2 Å². The molecule has 0 bridgehead atoms. The van der Waals surface area contributed by atoms with E-state index in [0.29, 0.717) is 41.1 Å². The van der Waals surface area contributed by atoms with E-state index in [0.717, 1.165) is 51.0 Å². The minimum atomic E-state index is -0.114. The van der Waals surface area contributed by atoms with Crippen LogP contribution in [0.1, 0.15) is 103 Å². The molecule has 1 aliphatic carbocycles. The summed E-state index contributed by atoms with van der Waals surface area (Å²) in [6.45, 7) is 25.0. The first kappa shape index (κ1) is 38.8. The molecule has 0 amide bonds. The summed E-state index contributed by atoms with van der Waals surface area (Å²) in [5.74, 6) is 4.91. The number of nitrogens with zero attached hydrogens (tertiary/aromatic N) is 4. The van der Waals surface area contributed by atoms with Crippen LogP contribution in [0.15, 0.2) is 78.5 Å². The molecule has 6 heteroatoms. The summed E-state index contributed by atoms with van der Waals surface area (Å²) < 4.78 is 11.0. The molecule has 0 saturated heterocycles. The molecule has 0 spiro atoms. The molecule has 3 aromatic heterocycles. The molecule has 3 aromatic carbocycles. The van der Waals surface area contributed by atoms with Crippen LogP contribution in [0, 0.1) is 49.7 Å². The second kappa shape index (κ2) is 15.1. The summed E-state index contributed by atoms with van der Waals surface area (Å²) in [4.78, 5) is 4.84. The Morgan fingerprint density at radius 3 is 2.36 bits per heavy atom. The van der Waals surface area contributed by atoms with Crippen LogP contribution >= 0.6 is 0 Å². The summed E-state index contributed by atoms with van der Waals surface area (Å²) in [5, 5.41) is 7.45. The standard InChI is InChI=1S/C47H54N4O.Pt/c1-28(2)20-34-18-19-48-44(23-34)50-42-15-13-12-14-40(42)41-17-16-38(27-43(41)50)52-39-25-36(47(9,10)11)24-37(26-39)51-33(8)46(32(7)49-51)45-30(5)21-35(29(3)4)22-31(45)6;/h12-19,21,23-25,28-29,31,35,45H,20,22H2,1-11H3;/q-2;+2/t31-,35-,45?;/m0./s1. The smallest absolute Gasteiger partial charge is 0.509 e. The molecule has 5 nitrogen and oxygen atoms in total. The zero-order chi connectivity index (χ0) is 37.1. The normalized spacial score (nSPS) is 17.8. The average Bonchev–Trinajstić information content (AvgIpc) is 3.56. The third kappa shape index (κ3) is 7.57. The van der Waals surface area contributed by atoms with Crippen LogP contribution < -0.4 is 4.74 Å². The maximum atomic E-state index is 6.71. The summed E-state index contributed by atoms with van der Waals surface area (Å²) >= 11 is 0. The maximum Gasteiger partial charge on any atom is 2.00 e. The van der Waals surface area contributed by atoms with Gasteiger partial charge in [-0.1, -0.05) is 90.8 Å². The SMILES string of the molecule is CC1=C[C@H](C(C)C)C[C@H](C)C1c1c(C)nn(-c2[c-]c(Oc3[c-]c4c(cc3)c3ccccc3n4-c3cc(CC(C)C)ccn3)cc(C(C)(C)C)c2)c1C.[Pt+2]. The van der Waals surface area contributed by atoms with Crippen LogP contribution in [0.2, 0.25) is 0 Å². The zero-order valence-electron chi connectivity index (χ0n) is 33.2. The van der Waals surface area contributed by atoms with Crippen molar-refractivity contribution in [1.29, 1.82) is 0 Å². The number of fused-ring (bicyclic) bond motifs is 3.